The second-order valence-corrected chi connectivity index (χ2v) is 29.6. The van der Waals surface area contributed by atoms with Crippen LogP contribution >= 0.6 is 0 Å². The van der Waals surface area contributed by atoms with Gasteiger partial charge in [-0.05, 0) is 12.8 Å². The first kappa shape index (κ1) is 89.1. The maximum Gasteiger partial charge on any atom is 0.220 e. The fourth-order valence-corrected chi connectivity index (χ4v) is 14.3. The van der Waals surface area contributed by atoms with Gasteiger partial charge in [0.15, 0.2) is 12.6 Å². The van der Waals surface area contributed by atoms with Gasteiger partial charge < -0.3 is 65.1 Å². The average molecular weight is 1340 g/mol. The Morgan fingerprint density at radius 1 is 0.340 bits per heavy atom. The second kappa shape index (κ2) is 65.3. The Kier molecular flexibility index (Phi) is 61.9. The summed E-state index contributed by atoms with van der Waals surface area (Å²) in [4.78, 5) is 13.4. The van der Waals surface area contributed by atoms with Crippen LogP contribution in [0.25, 0.3) is 0 Å². The monoisotopic (exact) mass is 1340 g/mol. The van der Waals surface area contributed by atoms with Crippen LogP contribution in [0, 0.1) is 0 Å². The third-order valence-electron chi connectivity index (χ3n) is 20.8. The van der Waals surface area contributed by atoms with Gasteiger partial charge in [0.05, 0.1) is 32.0 Å². The molecule has 14 heteroatoms. The molecule has 2 aliphatic heterocycles. The van der Waals surface area contributed by atoms with Crippen LogP contribution in [0.4, 0.5) is 0 Å². The number of ether oxygens (including phenoxy) is 4. The Hall–Kier alpha value is -1.01. The molecule has 2 fully saturated rings. The number of hydrogen-bond acceptors (Lipinski definition) is 13. The minimum atomic E-state index is -1.78. The van der Waals surface area contributed by atoms with Crippen molar-refractivity contribution in [3.05, 3.63) is 0 Å². The molecule has 0 aromatic carbocycles. The number of carbonyl (C=O) groups excluding carboxylic acids is 1. The lowest BCUT2D eigenvalue weighted by Crippen LogP contribution is -2.65. The van der Waals surface area contributed by atoms with Gasteiger partial charge in [0.25, 0.3) is 0 Å². The molecule has 2 heterocycles. The quantitative estimate of drug-likeness (QED) is 0.0259. The Morgan fingerprint density at radius 2 is 0.606 bits per heavy atom. The van der Waals surface area contributed by atoms with Gasteiger partial charge in [-0.15, -0.1) is 0 Å². The Bertz CT molecular complexity index is 1580. The van der Waals surface area contributed by atoms with E-state index >= 15 is 0 Å². The van der Waals surface area contributed by atoms with Crippen molar-refractivity contribution >= 4 is 5.91 Å². The molecule has 0 aliphatic carbocycles. The number of unbranched alkanes of at least 4 members (excludes halogenated alkanes) is 58. The average Bonchev–Trinajstić information content (AvgIpc) is 0.794. The fraction of sp³-hybridized carbons (Fsp3) is 0.988. The van der Waals surface area contributed by atoms with E-state index in [1.54, 1.807) is 0 Å². The van der Waals surface area contributed by atoms with Crippen LogP contribution in [0.3, 0.4) is 0 Å². The van der Waals surface area contributed by atoms with Gasteiger partial charge >= 0.3 is 0 Å². The second-order valence-electron chi connectivity index (χ2n) is 29.6. The van der Waals surface area contributed by atoms with Crippen molar-refractivity contribution in [2.75, 3.05) is 19.8 Å². The largest absolute Gasteiger partial charge is 0.394 e. The molecule has 0 aromatic heterocycles. The van der Waals surface area contributed by atoms with E-state index in [1.165, 1.54) is 334 Å². The molecule has 0 bridgehead atoms. The van der Waals surface area contributed by atoms with Crippen molar-refractivity contribution in [1.29, 1.82) is 0 Å². The summed E-state index contributed by atoms with van der Waals surface area (Å²) >= 11 is 0. The van der Waals surface area contributed by atoms with Crippen molar-refractivity contribution in [2.24, 2.45) is 0 Å². The van der Waals surface area contributed by atoms with E-state index in [0.717, 1.165) is 51.4 Å². The molecule has 0 saturated carbocycles. The molecular formula is C80H157NO13. The highest BCUT2D eigenvalue weighted by Gasteiger charge is 2.51. The summed E-state index contributed by atoms with van der Waals surface area (Å²) in [6, 6.07) is -0.825. The highest BCUT2D eigenvalue weighted by atomic mass is 16.7. The van der Waals surface area contributed by atoms with E-state index in [9.17, 15) is 45.6 Å². The number of amides is 1. The number of aliphatic hydroxyl groups is 8. The first-order valence-corrected chi connectivity index (χ1v) is 41.3. The maximum absolute atomic E-state index is 13.4. The third kappa shape index (κ3) is 47.9. The lowest BCUT2D eigenvalue weighted by Gasteiger charge is -2.46. The summed E-state index contributed by atoms with van der Waals surface area (Å²) in [5.74, 6) is -0.195. The molecule has 9 N–H and O–H groups in total. The molecule has 2 saturated heterocycles. The summed E-state index contributed by atoms with van der Waals surface area (Å²) in [5, 5.41) is 87.8. The predicted molar refractivity (Wildman–Crippen MR) is 388 cm³/mol. The number of nitrogens with one attached hydrogen (secondary N) is 1. The van der Waals surface area contributed by atoms with E-state index in [2.05, 4.69) is 19.2 Å². The molecule has 0 aromatic rings. The number of rotatable bonds is 71. The normalized spacial score (nSPS) is 22.3. The van der Waals surface area contributed by atoms with E-state index in [4.69, 9.17) is 18.9 Å². The van der Waals surface area contributed by atoms with E-state index < -0.39 is 86.8 Å². The molecule has 12 atom stereocenters. The van der Waals surface area contributed by atoms with Crippen LogP contribution in [0.15, 0.2) is 0 Å². The van der Waals surface area contributed by atoms with E-state index in [0.29, 0.717) is 12.8 Å². The van der Waals surface area contributed by atoms with Crippen LogP contribution in [0.2, 0.25) is 0 Å². The van der Waals surface area contributed by atoms with Crippen LogP contribution in [-0.2, 0) is 23.7 Å². The molecule has 14 nitrogen and oxygen atoms in total. The highest BCUT2D eigenvalue weighted by molar-refractivity contribution is 5.76. The smallest absolute Gasteiger partial charge is 0.220 e. The molecule has 0 radical (unpaired) electrons. The molecule has 1 amide bonds. The molecule has 94 heavy (non-hydrogen) atoms. The third-order valence-corrected chi connectivity index (χ3v) is 20.8. The van der Waals surface area contributed by atoms with Crippen LogP contribution in [0.1, 0.15) is 412 Å². The van der Waals surface area contributed by atoms with Gasteiger partial charge in [-0.1, -0.05) is 393 Å². The summed E-state index contributed by atoms with van der Waals surface area (Å²) in [6.45, 7) is 2.95. The summed E-state index contributed by atoms with van der Waals surface area (Å²) in [7, 11) is 0. The minimum Gasteiger partial charge on any atom is -0.394 e. The predicted octanol–water partition coefficient (Wildman–Crippen LogP) is 18.7. The van der Waals surface area contributed by atoms with Crippen LogP contribution in [-0.4, -0.2) is 140 Å². The van der Waals surface area contributed by atoms with E-state index in [-0.39, 0.29) is 12.5 Å². The van der Waals surface area contributed by atoms with Gasteiger partial charge in [-0.2, -0.15) is 0 Å². The Labute approximate surface area is 578 Å². The van der Waals surface area contributed by atoms with Gasteiger partial charge in [-0.25, -0.2) is 0 Å². The highest BCUT2D eigenvalue weighted by Crippen LogP contribution is 2.31. The lowest BCUT2D eigenvalue weighted by atomic mass is 9.97. The van der Waals surface area contributed by atoms with Crippen LogP contribution < -0.4 is 5.32 Å². The topological polar surface area (TPSA) is 228 Å². The zero-order valence-electron chi connectivity index (χ0n) is 61.5. The number of carbonyl (C=O) groups is 1. The SMILES string of the molecule is CCCCCCCCCCCCCCCCCCCCCCCCCCCCCCCCCCCCCCCCC(=O)NC(COC1OC(CO)C(OC2OC(CO)C(O)C(O)C2O)C(O)C1O)C(O)CCCCCCCCCCCCCCCCCCCCCCCC. The Morgan fingerprint density at radius 3 is 0.904 bits per heavy atom. The molecule has 560 valence electrons. The Balaban J connectivity index is 1.55. The van der Waals surface area contributed by atoms with E-state index in [1.807, 2.05) is 0 Å². The molecule has 2 rings (SSSR count). The molecule has 0 spiro atoms. The van der Waals surface area contributed by atoms with Gasteiger partial charge in [0.2, 0.25) is 5.91 Å². The lowest BCUT2D eigenvalue weighted by molar-refractivity contribution is -0.359. The first-order valence-electron chi connectivity index (χ1n) is 41.3. The summed E-state index contributed by atoms with van der Waals surface area (Å²) in [5.41, 5.74) is 0. The van der Waals surface area contributed by atoms with Gasteiger partial charge in [-0.3, -0.25) is 4.79 Å². The zero-order valence-corrected chi connectivity index (χ0v) is 61.5. The van der Waals surface area contributed by atoms with Crippen LogP contribution in [0.5, 0.6) is 0 Å². The zero-order chi connectivity index (χ0) is 68.0. The van der Waals surface area contributed by atoms with Gasteiger partial charge in [0, 0.05) is 6.42 Å². The summed E-state index contributed by atoms with van der Waals surface area (Å²) in [6.07, 6.45) is 64.5. The molecule has 2 aliphatic rings. The minimum absolute atomic E-state index is 0.195. The van der Waals surface area contributed by atoms with Crippen molar-refractivity contribution in [3.63, 3.8) is 0 Å². The van der Waals surface area contributed by atoms with Crippen molar-refractivity contribution < 1.29 is 64.6 Å². The molecule has 12 unspecified atom stereocenters. The molecular weight excluding hydrogens is 1180 g/mol. The van der Waals surface area contributed by atoms with Gasteiger partial charge in [0.1, 0.15) is 48.8 Å². The maximum atomic E-state index is 13.4. The fourth-order valence-electron chi connectivity index (χ4n) is 14.3. The number of aliphatic hydroxyl groups excluding tert-OH is 8. The van der Waals surface area contributed by atoms with Crippen molar-refractivity contribution in [1.82, 2.24) is 5.32 Å². The number of hydrogen-bond donors (Lipinski definition) is 9. The van der Waals surface area contributed by atoms with Crippen molar-refractivity contribution in [3.8, 4) is 0 Å². The first-order chi connectivity index (χ1) is 46.1. The van der Waals surface area contributed by atoms with Crippen molar-refractivity contribution in [2.45, 2.75) is 485 Å². The summed E-state index contributed by atoms with van der Waals surface area (Å²) < 4.78 is 23.0. The standard InChI is InChI=1S/C80H157NO13/c1-3-5-7-9-11-13-15-17-19-21-23-25-27-28-29-30-31-32-33-34-35-36-37-38-39-40-41-42-44-46-48-50-52-54-56-58-60-62-64-72(85)81-68(67-91-79-77(90)75(88)78(71(66-83)93-79)94-80-76(89)74(87)73(86)70(65-82)92-80)69(84)63-61-59-57-55-53-51-49-47-45-43-26-24-22-20-18-16-14-12-10-8-6-4-2/h68-71,73-80,82-84,86-90H,3-67H2,1-2H3,(H,81,85).